The van der Waals surface area contributed by atoms with Gasteiger partial charge in [-0.3, -0.25) is 9.48 Å². The fraction of sp³-hybridized carbons (Fsp3) is 0.364. The van der Waals surface area contributed by atoms with E-state index in [1.807, 2.05) is 19.2 Å². The van der Waals surface area contributed by atoms with Gasteiger partial charge in [0, 0.05) is 32.0 Å². The topological polar surface area (TPSA) is 56.1 Å². The van der Waals surface area contributed by atoms with Crippen LogP contribution in [0.2, 0.25) is 0 Å². The minimum Gasteiger partial charge on any atom is -0.383 e. The Morgan fingerprint density at radius 2 is 1.97 bits per heavy atom. The van der Waals surface area contributed by atoms with Crippen LogP contribution in [0.3, 0.4) is 0 Å². The highest BCUT2D eigenvalue weighted by Crippen LogP contribution is 2.50. The van der Waals surface area contributed by atoms with Crippen molar-refractivity contribution in [3.63, 3.8) is 0 Å². The van der Waals surface area contributed by atoms with Crippen LogP contribution in [0, 0.1) is 5.92 Å². The SMILES string of the molecule is COCCNC(=O)[C@@H]1CC1c1cc(-c2ccc(C(F)(F)F)cc2)cc2c1cnn2C. The molecule has 0 spiro atoms. The number of ether oxygens (including phenoxy) is 1. The quantitative estimate of drug-likeness (QED) is 0.614. The Bertz CT molecular complexity index is 1070. The van der Waals surface area contributed by atoms with E-state index in [1.54, 1.807) is 18.0 Å². The van der Waals surface area contributed by atoms with Crippen molar-refractivity contribution in [1.29, 1.82) is 0 Å². The number of nitrogens with zero attached hydrogens (tertiary/aromatic N) is 2. The molecule has 1 N–H and O–H groups in total. The summed E-state index contributed by atoms with van der Waals surface area (Å²) in [5.74, 6) is -0.0595. The first-order chi connectivity index (χ1) is 14.3. The van der Waals surface area contributed by atoms with Crippen molar-refractivity contribution in [2.75, 3.05) is 20.3 Å². The number of amides is 1. The van der Waals surface area contributed by atoms with Crippen LogP contribution < -0.4 is 5.32 Å². The second kappa shape index (κ2) is 7.75. The van der Waals surface area contributed by atoms with Crippen LogP contribution >= 0.6 is 0 Å². The maximum atomic E-state index is 12.9. The van der Waals surface area contributed by atoms with Crippen molar-refractivity contribution in [3.05, 3.63) is 53.7 Å². The third-order valence-corrected chi connectivity index (χ3v) is 5.58. The number of aryl methyl sites for hydroxylation is 1. The summed E-state index contributed by atoms with van der Waals surface area (Å²) < 4.78 is 45.4. The van der Waals surface area contributed by atoms with Gasteiger partial charge in [0.1, 0.15) is 0 Å². The van der Waals surface area contributed by atoms with Crippen LogP contribution in [0.5, 0.6) is 0 Å². The zero-order valence-electron chi connectivity index (χ0n) is 16.7. The number of hydrogen-bond donors (Lipinski definition) is 1. The lowest BCUT2D eigenvalue weighted by atomic mass is 9.96. The average molecular weight is 417 g/mol. The number of carbonyl (C=O) groups excluding carboxylic acids is 1. The lowest BCUT2D eigenvalue weighted by molar-refractivity contribution is -0.137. The van der Waals surface area contributed by atoms with Gasteiger partial charge in [-0.1, -0.05) is 18.2 Å². The summed E-state index contributed by atoms with van der Waals surface area (Å²) in [6, 6.07) is 9.03. The van der Waals surface area contributed by atoms with E-state index in [1.165, 1.54) is 12.1 Å². The number of rotatable bonds is 6. The van der Waals surface area contributed by atoms with E-state index in [0.717, 1.165) is 40.6 Å². The Kier molecular flexibility index (Phi) is 5.27. The van der Waals surface area contributed by atoms with Crippen LogP contribution in [0.25, 0.3) is 22.0 Å². The Morgan fingerprint density at radius 1 is 1.23 bits per heavy atom. The van der Waals surface area contributed by atoms with Crippen molar-refractivity contribution in [2.45, 2.75) is 18.5 Å². The third kappa shape index (κ3) is 3.92. The molecule has 0 aliphatic heterocycles. The number of aromatic nitrogens is 2. The number of methoxy groups -OCH3 is 1. The second-order valence-corrected chi connectivity index (χ2v) is 7.57. The van der Waals surface area contributed by atoms with Gasteiger partial charge in [-0.05, 0) is 47.2 Å². The number of benzene rings is 2. The van der Waals surface area contributed by atoms with Crippen LogP contribution in [-0.4, -0.2) is 35.9 Å². The first-order valence-electron chi connectivity index (χ1n) is 9.69. The Balaban J connectivity index is 1.66. The number of carbonyl (C=O) groups is 1. The van der Waals surface area contributed by atoms with Crippen molar-refractivity contribution in [1.82, 2.24) is 15.1 Å². The van der Waals surface area contributed by atoms with Crippen LogP contribution in [0.4, 0.5) is 13.2 Å². The normalized spacial score (nSPS) is 18.6. The molecule has 1 saturated carbocycles. The molecule has 5 nitrogen and oxygen atoms in total. The van der Waals surface area contributed by atoms with E-state index in [2.05, 4.69) is 10.4 Å². The molecule has 0 saturated heterocycles. The molecule has 3 aromatic rings. The highest BCUT2D eigenvalue weighted by molar-refractivity contribution is 5.91. The number of alkyl halides is 3. The zero-order valence-corrected chi connectivity index (χ0v) is 16.7. The van der Waals surface area contributed by atoms with Crippen molar-refractivity contribution in [3.8, 4) is 11.1 Å². The number of nitrogens with one attached hydrogen (secondary N) is 1. The van der Waals surface area contributed by atoms with Gasteiger partial charge in [0.2, 0.25) is 5.91 Å². The minimum atomic E-state index is -4.37. The molecule has 30 heavy (non-hydrogen) atoms. The maximum Gasteiger partial charge on any atom is 0.416 e. The average Bonchev–Trinajstić information content (AvgIpc) is 3.44. The highest BCUT2D eigenvalue weighted by atomic mass is 19.4. The zero-order chi connectivity index (χ0) is 21.5. The van der Waals surface area contributed by atoms with Gasteiger partial charge < -0.3 is 10.1 Å². The number of halogens is 3. The minimum absolute atomic E-state index is 0.00553. The van der Waals surface area contributed by atoms with E-state index in [4.69, 9.17) is 4.74 Å². The van der Waals surface area contributed by atoms with Gasteiger partial charge in [-0.25, -0.2) is 0 Å². The third-order valence-electron chi connectivity index (χ3n) is 5.58. The Morgan fingerprint density at radius 3 is 2.63 bits per heavy atom. The van der Waals surface area contributed by atoms with E-state index >= 15 is 0 Å². The molecule has 1 aliphatic rings. The predicted octanol–water partition coefficient (Wildman–Crippen LogP) is 4.13. The van der Waals surface area contributed by atoms with Crippen molar-refractivity contribution in [2.24, 2.45) is 13.0 Å². The summed E-state index contributed by atoms with van der Waals surface area (Å²) in [5.41, 5.74) is 2.70. The summed E-state index contributed by atoms with van der Waals surface area (Å²) in [6.45, 7) is 0.922. The summed E-state index contributed by atoms with van der Waals surface area (Å²) >= 11 is 0. The molecule has 4 rings (SSSR count). The van der Waals surface area contributed by atoms with Gasteiger partial charge in [-0.15, -0.1) is 0 Å². The fourth-order valence-corrected chi connectivity index (χ4v) is 3.84. The Labute approximate surface area is 171 Å². The highest BCUT2D eigenvalue weighted by Gasteiger charge is 2.44. The smallest absolute Gasteiger partial charge is 0.383 e. The first-order valence-corrected chi connectivity index (χ1v) is 9.69. The van der Waals surface area contributed by atoms with Crippen LogP contribution in [0.15, 0.2) is 42.6 Å². The van der Waals surface area contributed by atoms with Crippen molar-refractivity contribution < 1.29 is 22.7 Å². The molecule has 1 fully saturated rings. The van der Waals surface area contributed by atoms with Gasteiger partial charge in [0.25, 0.3) is 0 Å². The van der Waals surface area contributed by atoms with Gasteiger partial charge in [-0.2, -0.15) is 18.3 Å². The summed E-state index contributed by atoms with van der Waals surface area (Å²) in [6.07, 6.45) is -1.86. The number of fused-ring (bicyclic) bond motifs is 1. The van der Waals surface area contributed by atoms with E-state index in [0.29, 0.717) is 18.7 Å². The Hall–Kier alpha value is -2.87. The summed E-state index contributed by atoms with van der Waals surface area (Å²) in [5, 5.41) is 8.17. The van der Waals surface area contributed by atoms with E-state index in [9.17, 15) is 18.0 Å². The lowest BCUT2D eigenvalue weighted by Crippen LogP contribution is -2.28. The molecule has 1 aromatic heterocycles. The number of hydrogen-bond acceptors (Lipinski definition) is 3. The maximum absolute atomic E-state index is 12.9. The predicted molar refractivity (Wildman–Crippen MR) is 107 cm³/mol. The fourth-order valence-electron chi connectivity index (χ4n) is 3.84. The summed E-state index contributed by atoms with van der Waals surface area (Å²) in [4.78, 5) is 12.4. The summed E-state index contributed by atoms with van der Waals surface area (Å²) in [7, 11) is 3.41. The van der Waals surface area contributed by atoms with Gasteiger partial charge in [0.05, 0.1) is 23.9 Å². The molecular formula is C22H22F3N3O2. The molecule has 1 amide bonds. The van der Waals surface area contributed by atoms with Crippen LogP contribution in [0.1, 0.15) is 23.5 Å². The monoisotopic (exact) mass is 417 g/mol. The standard InChI is InChI=1S/C22H22F3N3O2/c1-28-20-10-14(13-3-5-15(6-4-13)22(23,24)25)9-16(19(20)12-27-28)17-11-18(17)21(29)26-7-8-30-2/h3-6,9-10,12,17-18H,7-8,11H2,1-2H3,(H,26,29)/t17?,18-/m1/s1. The molecule has 2 aromatic carbocycles. The largest absolute Gasteiger partial charge is 0.416 e. The molecule has 0 radical (unpaired) electrons. The lowest BCUT2D eigenvalue weighted by Gasteiger charge is -2.11. The van der Waals surface area contributed by atoms with Gasteiger partial charge in [0.15, 0.2) is 0 Å². The van der Waals surface area contributed by atoms with E-state index < -0.39 is 11.7 Å². The molecule has 1 heterocycles. The van der Waals surface area contributed by atoms with E-state index in [-0.39, 0.29) is 17.7 Å². The second-order valence-electron chi connectivity index (χ2n) is 7.57. The molecular weight excluding hydrogens is 395 g/mol. The molecule has 1 unspecified atom stereocenters. The van der Waals surface area contributed by atoms with Crippen molar-refractivity contribution >= 4 is 16.8 Å². The van der Waals surface area contributed by atoms with Crippen LogP contribution in [-0.2, 0) is 22.8 Å². The molecule has 1 aliphatic carbocycles. The molecule has 2 atom stereocenters. The molecule has 158 valence electrons. The molecule has 8 heteroatoms. The van der Waals surface area contributed by atoms with Gasteiger partial charge >= 0.3 is 6.18 Å². The first kappa shape index (κ1) is 20.4. The molecule has 0 bridgehead atoms.